The van der Waals surface area contributed by atoms with Crippen LogP contribution in [0.1, 0.15) is 38.1 Å². The number of halogens is 1. The van der Waals surface area contributed by atoms with Crippen LogP contribution in [-0.2, 0) is 0 Å². The van der Waals surface area contributed by atoms with Crippen LogP contribution in [0, 0.1) is 16.7 Å². The summed E-state index contributed by atoms with van der Waals surface area (Å²) in [5, 5.41) is 12.0. The maximum absolute atomic E-state index is 12.0. The molecule has 0 spiro atoms. The molecule has 0 aliphatic rings. The Kier molecular flexibility index (Phi) is 3.68. The molecule has 1 rings (SSSR count). The summed E-state index contributed by atoms with van der Waals surface area (Å²) in [6, 6.07) is 3.71. The number of nitrogens with zero attached hydrogens (tertiary/aromatic N) is 1. The largest absolute Gasteiger partial charge is 0.457 e. The minimum Gasteiger partial charge on any atom is -0.457 e. The lowest BCUT2D eigenvalue weighted by atomic mass is 9.76. The highest BCUT2D eigenvalue weighted by atomic mass is 79.9. The summed E-state index contributed by atoms with van der Waals surface area (Å²) in [7, 11) is 0. The average molecular weight is 299 g/mol. The predicted molar refractivity (Wildman–Crippen MR) is 67.3 cm³/mol. The van der Waals surface area contributed by atoms with Gasteiger partial charge in [0.05, 0.1) is 17.9 Å². The van der Waals surface area contributed by atoms with E-state index in [2.05, 4.69) is 27.3 Å². The molecule has 5 heteroatoms. The van der Waals surface area contributed by atoms with Gasteiger partial charge in [-0.15, -0.1) is 0 Å². The van der Waals surface area contributed by atoms with Gasteiger partial charge in [0.1, 0.15) is 5.54 Å². The van der Waals surface area contributed by atoms with Crippen molar-refractivity contribution < 1.29 is 9.21 Å². The number of nitrogens with one attached hydrogen (secondary N) is 1. The average Bonchev–Trinajstić information content (AvgIpc) is 2.62. The summed E-state index contributed by atoms with van der Waals surface area (Å²) in [5.41, 5.74) is -0.926. The van der Waals surface area contributed by atoms with Gasteiger partial charge in [-0.2, -0.15) is 5.26 Å². The molecule has 0 aliphatic carbocycles. The molecule has 4 nitrogen and oxygen atoms in total. The van der Waals surface area contributed by atoms with Crippen molar-refractivity contribution in [3.63, 3.8) is 0 Å². The molecule has 0 saturated heterocycles. The minimum atomic E-state index is -0.944. The molecular formula is C12H15BrN2O2. The van der Waals surface area contributed by atoms with E-state index in [0.29, 0.717) is 10.2 Å². The molecule has 1 aromatic rings. The highest BCUT2D eigenvalue weighted by molar-refractivity contribution is 9.10. The van der Waals surface area contributed by atoms with Crippen LogP contribution in [0.4, 0.5) is 0 Å². The normalized spacial score (nSPS) is 14.8. The van der Waals surface area contributed by atoms with Gasteiger partial charge in [-0.05, 0) is 34.3 Å². The van der Waals surface area contributed by atoms with Gasteiger partial charge in [0.15, 0.2) is 4.67 Å². The number of amides is 1. The van der Waals surface area contributed by atoms with E-state index in [1.807, 2.05) is 20.8 Å². The first-order chi connectivity index (χ1) is 7.71. The Hall–Kier alpha value is -1.28. The van der Waals surface area contributed by atoms with Crippen LogP contribution in [0.2, 0.25) is 0 Å². The van der Waals surface area contributed by atoms with Crippen LogP contribution in [0.5, 0.6) is 0 Å². The number of furan rings is 1. The molecule has 1 heterocycles. The number of nitriles is 1. The van der Waals surface area contributed by atoms with E-state index >= 15 is 0 Å². The third-order valence-corrected chi connectivity index (χ3v) is 3.56. The standard InChI is InChI=1S/C12H15BrN2O2/c1-11(2,3)12(4,7-14)15-10(16)8-5-6-17-9(8)13/h5-6H,1-4H3,(H,15,16)/t12-/m0/s1. The second-order valence-electron chi connectivity index (χ2n) is 5.05. The smallest absolute Gasteiger partial charge is 0.257 e. The number of hydrogen-bond acceptors (Lipinski definition) is 3. The van der Waals surface area contributed by atoms with Gasteiger partial charge in [0.2, 0.25) is 0 Å². The first kappa shape index (κ1) is 13.8. The Bertz CT molecular complexity index is 468. The van der Waals surface area contributed by atoms with Crippen molar-refractivity contribution in [3.05, 3.63) is 22.6 Å². The molecule has 1 N–H and O–H groups in total. The molecule has 17 heavy (non-hydrogen) atoms. The zero-order valence-corrected chi connectivity index (χ0v) is 11.9. The van der Waals surface area contributed by atoms with Crippen molar-refractivity contribution in [2.45, 2.75) is 33.2 Å². The number of rotatable bonds is 2. The number of hydrogen-bond donors (Lipinski definition) is 1. The molecule has 1 atom stereocenters. The van der Waals surface area contributed by atoms with Crippen molar-refractivity contribution >= 4 is 21.8 Å². The van der Waals surface area contributed by atoms with Gasteiger partial charge in [-0.1, -0.05) is 20.8 Å². The van der Waals surface area contributed by atoms with Gasteiger partial charge in [-0.3, -0.25) is 4.79 Å². The van der Waals surface area contributed by atoms with Gasteiger partial charge in [0, 0.05) is 0 Å². The summed E-state index contributed by atoms with van der Waals surface area (Å²) >= 11 is 3.14. The maximum atomic E-state index is 12.0. The van der Waals surface area contributed by atoms with Crippen molar-refractivity contribution in [1.82, 2.24) is 5.32 Å². The summed E-state index contributed by atoms with van der Waals surface area (Å²) in [6.07, 6.45) is 1.42. The molecular weight excluding hydrogens is 284 g/mol. The highest BCUT2D eigenvalue weighted by Crippen LogP contribution is 2.30. The van der Waals surface area contributed by atoms with Crippen LogP contribution in [0.15, 0.2) is 21.4 Å². The van der Waals surface area contributed by atoms with Crippen LogP contribution < -0.4 is 5.32 Å². The predicted octanol–water partition coefficient (Wildman–Crippen LogP) is 3.10. The Morgan fingerprint density at radius 2 is 2.06 bits per heavy atom. The molecule has 0 fully saturated rings. The van der Waals surface area contributed by atoms with Crippen molar-refractivity contribution in [2.24, 2.45) is 5.41 Å². The van der Waals surface area contributed by atoms with Crippen LogP contribution in [0.3, 0.4) is 0 Å². The first-order valence-corrected chi connectivity index (χ1v) is 5.97. The highest BCUT2D eigenvalue weighted by Gasteiger charge is 2.39. The van der Waals surface area contributed by atoms with Crippen LogP contribution >= 0.6 is 15.9 Å². The van der Waals surface area contributed by atoms with Crippen molar-refractivity contribution in [1.29, 1.82) is 5.26 Å². The van der Waals surface area contributed by atoms with E-state index in [9.17, 15) is 10.1 Å². The Labute approximate surface area is 109 Å². The summed E-state index contributed by atoms with van der Waals surface area (Å²) < 4.78 is 5.36. The van der Waals surface area contributed by atoms with E-state index in [4.69, 9.17) is 4.42 Å². The lowest BCUT2D eigenvalue weighted by Crippen LogP contribution is -2.53. The van der Waals surface area contributed by atoms with E-state index in [0.717, 1.165) is 0 Å². The van der Waals surface area contributed by atoms with E-state index < -0.39 is 5.54 Å². The lowest BCUT2D eigenvalue weighted by molar-refractivity contribution is 0.0866. The topological polar surface area (TPSA) is 66.0 Å². The third kappa shape index (κ3) is 2.70. The molecule has 0 unspecified atom stereocenters. The quantitative estimate of drug-likeness (QED) is 0.912. The van der Waals surface area contributed by atoms with Crippen LogP contribution in [-0.4, -0.2) is 11.4 Å². The molecule has 1 aromatic heterocycles. The van der Waals surface area contributed by atoms with Gasteiger partial charge in [-0.25, -0.2) is 0 Å². The Balaban J connectivity index is 2.96. The molecule has 0 radical (unpaired) electrons. The van der Waals surface area contributed by atoms with E-state index in [1.54, 1.807) is 13.0 Å². The molecule has 92 valence electrons. The fraction of sp³-hybridized carbons (Fsp3) is 0.500. The summed E-state index contributed by atoms with van der Waals surface area (Å²) in [4.78, 5) is 12.0. The third-order valence-electron chi connectivity index (χ3n) is 2.95. The Morgan fingerprint density at radius 3 is 2.41 bits per heavy atom. The monoisotopic (exact) mass is 298 g/mol. The zero-order chi connectivity index (χ0) is 13.3. The second kappa shape index (κ2) is 4.53. The zero-order valence-electron chi connectivity index (χ0n) is 10.3. The molecule has 0 aromatic carbocycles. The summed E-state index contributed by atoms with van der Waals surface area (Å²) in [5.74, 6) is -0.329. The molecule has 1 amide bonds. The van der Waals surface area contributed by atoms with Crippen molar-refractivity contribution in [3.8, 4) is 6.07 Å². The number of carbonyl (C=O) groups excluding carboxylic acids is 1. The fourth-order valence-electron chi connectivity index (χ4n) is 1.13. The van der Waals surface area contributed by atoms with Gasteiger partial charge >= 0.3 is 0 Å². The molecule has 0 aliphatic heterocycles. The Morgan fingerprint density at radius 1 is 1.47 bits per heavy atom. The molecule has 0 saturated carbocycles. The second-order valence-corrected chi connectivity index (χ2v) is 5.77. The first-order valence-electron chi connectivity index (χ1n) is 5.18. The maximum Gasteiger partial charge on any atom is 0.257 e. The van der Waals surface area contributed by atoms with Crippen molar-refractivity contribution in [2.75, 3.05) is 0 Å². The SMILES string of the molecule is CC(C)(C)[C@](C)(C#N)NC(=O)c1ccoc1Br. The fourth-order valence-corrected chi connectivity index (χ4v) is 1.55. The number of carbonyl (C=O) groups is 1. The summed E-state index contributed by atoms with van der Waals surface area (Å²) in [6.45, 7) is 7.42. The lowest BCUT2D eigenvalue weighted by Gasteiger charge is -2.36. The minimum absolute atomic E-state index is 0.329. The van der Waals surface area contributed by atoms with Crippen LogP contribution in [0.25, 0.3) is 0 Å². The van der Waals surface area contributed by atoms with Gasteiger partial charge in [0.25, 0.3) is 5.91 Å². The van der Waals surface area contributed by atoms with E-state index in [-0.39, 0.29) is 11.3 Å². The van der Waals surface area contributed by atoms with E-state index in [1.165, 1.54) is 6.26 Å². The van der Waals surface area contributed by atoms with Gasteiger partial charge < -0.3 is 9.73 Å². The molecule has 0 bridgehead atoms.